The number of amides is 2. The van der Waals surface area contributed by atoms with Gasteiger partial charge in [0.25, 0.3) is 11.8 Å². The molecule has 0 spiro atoms. The first-order valence-electron chi connectivity index (χ1n) is 8.56. The highest BCUT2D eigenvalue weighted by Gasteiger charge is 2.26. The molecule has 148 valence electrons. The molecule has 1 saturated heterocycles. The molecule has 0 bridgehead atoms. The second kappa shape index (κ2) is 8.16. The van der Waals surface area contributed by atoms with Gasteiger partial charge in [-0.1, -0.05) is 23.2 Å². The zero-order valence-electron chi connectivity index (χ0n) is 14.7. The fourth-order valence-electron chi connectivity index (χ4n) is 3.04. The molecule has 0 radical (unpaired) electrons. The first kappa shape index (κ1) is 20.1. The lowest BCUT2D eigenvalue weighted by molar-refractivity contribution is 0.0697. The van der Waals surface area contributed by atoms with E-state index in [-0.39, 0.29) is 23.4 Å². The molecular formula is C19H18Cl2N2O5. The van der Waals surface area contributed by atoms with Crippen LogP contribution in [0.3, 0.4) is 0 Å². The van der Waals surface area contributed by atoms with Crippen molar-refractivity contribution in [1.82, 2.24) is 10.2 Å². The Kier molecular flexibility index (Phi) is 5.86. The summed E-state index contributed by atoms with van der Waals surface area (Å²) in [5, 5.41) is 32.1. The van der Waals surface area contributed by atoms with E-state index >= 15 is 0 Å². The van der Waals surface area contributed by atoms with Gasteiger partial charge in [-0.15, -0.1) is 0 Å². The van der Waals surface area contributed by atoms with Crippen LogP contribution in [0.25, 0.3) is 0 Å². The van der Waals surface area contributed by atoms with Crippen LogP contribution in [0, 0.1) is 0 Å². The molecule has 0 aliphatic carbocycles. The second-order valence-corrected chi connectivity index (χ2v) is 7.35. The summed E-state index contributed by atoms with van der Waals surface area (Å²) < 4.78 is 0. The van der Waals surface area contributed by atoms with Gasteiger partial charge in [-0.3, -0.25) is 9.59 Å². The van der Waals surface area contributed by atoms with Gasteiger partial charge in [0.2, 0.25) is 0 Å². The van der Waals surface area contributed by atoms with E-state index in [1.165, 1.54) is 6.07 Å². The van der Waals surface area contributed by atoms with Crippen LogP contribution in [-0.2, 0) is 0 Å². The third-order valence-electron chi connectivity index (χ3n) is 4.62. The van der Waals surface area contributed by atoms with Gasteiger partial charge in [-0.05, 0) is 43.2 Å². The largest absolute Gasteiger partial charge is 0.504 e. The Morgan fingerprint density at radius 1 is 0.929 bits per heavy atom. The van der Waals surface area contributed by atoms with Gasteiger partial charge in [0, 0.05) is 30.3 Å². The molecule has 0 saturated carbocycles. The van der Waals surface area contributed by atoms with Crippen LogP contribution >= 0.6 is 23.2 Å². The van der Waals surface area contributed by atoms with Crippen LogP contribution in [0.4, 0.5) is 0 Å². The number of phenolic OH excluding ortho intramolecular Hbond substituents is 3. The van der Waals surface area contributed by atoms with Crippen molar-refractivity contribution in [3.63, 3.8) is 0 Å². The molecule has 1 aliphatic heterocycles. The van der Waals surface area contributed by atoms with Gasteiger partial charge in [-0.2, -0.15) is 0 Å². The SMILES string of the molecule is O=C(NC1CCN(C(=O)c2cc(O)c(O)c(O)c2)CC1)c1ccc(Cl)c(Cl)c1. The highest BCUT2D eigenvalue weighted by Crippen LogP contribution is 2.35. The highest BCUT2D eigenvalue weighted by atomic mass is 35.5. The molecule has 2 aromatic rings. The highest BCUT2D eigenvalue weighted by molar-refractivity contribution is 6.42. The molecule has 3 rings (SSSR count). The van der Waals surface area contributed by atoms with Crippen LogP contribution in [-0.4, -0.2) is 51.2 Å². The molecule has 2 amide bonds. The lowest BCUT2D eigenvalue weighted by atomic mass is 10.0. The quantitative estimate of drug-likeness (QED) is 0.565. The summed E-state index contributed by atoms with van der Waals surface area (Å²) in [6, 6.07) is 6.76. The molecule has 2 aromatic carbocycles. The zero-order chi connectivity index (χ0) is 20.4. The molecule has 1 fully saturated rings. The predicted molar refractivity (Wildman–Crippen MR) is 104 cm³/mol. The van der Waals surface area contributed by atoms with Crippen molar-refractivity contribution in [3.05, 3.63) is 51.5 Å². The van der Waals surface area contributed by atoms with Crippen LogP contribution in [0.15, 0.2) is 30.3 Å². The number of hydrogen-bond acceptors (Lipinski definition) is 5. The van der Waals surface area contributed by atoms with Gasteiger partial charge >= 0.3 is 0 Å². The summed E-state index contributed by atoms with van der Waals surface area (Å²) in [7, 11) is 0. The standard InChI is InChI=1S/C19H18Cl2N2O5/c20-13-2-1-10(7-14(13)21)18(27)22-12-3-5-23(6-4-12)19(28)11-8-15(24)17(26)16(25)9-11/h1-2,7-9,12,24-26H,3-6H2,(H,22,27). The number of phenols is 3. The van der Waals surface area contributed by atoms with Gasteiger partial charge in [0.1, 0.15) is 0 Å². The van der Waals surface area contributed by atoms with Crippen molar-refractivity contribution < 1.29 is 24.9 Å². The summed E-state index contributed by atoms with van der Waals surface area (Å²) >= 11 is 11.8. The number of hydrogen-bond donors (Lipinski definition) is 4. The van der Waals surface area contributed by atoms with E-state index in [0.29, 0.717) is 41.5 Å². The summed E-state index contributed by atoms with van der Waals surface area (Å²) in [5.41, 5.74) is 0.481. The number of nitrogens with one attached hydrogen (secondary N) is 1. The van der Waals surface area contributed by atoms with Crippen LogP contribution in [0.5, 0.6) is 17.2 Å². The number of carbonyl (C=O) groups is 2. The number of benzene rings is 2. The van der Waals surface area contributed by atoms with Crippen molar-refractivity contribution in [2.24, 2.45) is 0 Å². The molecule has 1 aliphatic rings. The number of rotatable bonds is 3. The average molecular weight is 425 g/mol. The van der Waals surface area contributed by atoms with Crippen molar-refractivity contribution in [3.8, 4) is 17.2 Å². The number of piperidine rings is 1. The van der Waals surface area contributed by atoms with E-state index < -0.39 is 17.2 Å². The summed E-state index contributed by atoms with van der Waals surface area (Å²) in [6.07, 6.45) is 1.10. The Morgan fingerprint density at radius 2 is 1.54 bits per heavy atom. The minimum absolute atomic E-state index is 0.0751. The topological polar surface area (TPSA) is 110 Å². The normalized spacial score (nSPS) is 14.7. The van der Waals surface area contributed by atoms with Crippen LogP contribution in [0.1, 0.15) is 33.6 Å². The monoisotopic (exact) mass is 424 g/mol. The third-order valence-corrected chi connectivity index (χ3v) is 5.35. The van der Waals surface area contributed by atoms with Gasteiger partial charge < -0.3 is 25.5 Å². The summed E-state index contributed by atoms with van der Waals surface area (Å²) in [6.45, 7) is 0.793. The van der Waals surface area contributed by atoms with E-state index in [4.69, 9.17) is 23.2 Å². The summed E-state index contributed by atoms with van der Waals surface area (Å²) in [4.78, 5) is 26.5. The Balaban J connectivity index is 1.59. The average Bonchev–Trinajstić information content (AvgIpc) is 2.67. The Labute approximate surface area is 171 Å². The van der Waals surface area contributed by atoms with Gasteiger partial charge in [0.05, 0.1) is 10.0 Å². The maximum absolute atomic E-state index is 12.5. The number of aromatic hydroxyl groups is 3. The summed E-state index contributed by atoms with van der Waals surface area (Å²) in [5.74, 6) is -2.43. The molecule has 9 heteroatoms. The minimum Gasteiger partial charge on any atom is -0.504 e. The van der Waals surface area contributed by atoms with Crippen molar-refractivity contribution >= 4 is 35.0 Å². The maximum Gasteiger partial charge on any atom is 0.254 e. The van der Waals surface area contributed by atoms with Crippen molar-refractivity contribution in [2.45, 2.75) is 18.9 Å². The van der Waals surface area contributed by atoms with Crippen LogP contribution < -0.4 is 5.32 Å². The lowest BCUT2D eigenvalue weighted by Crippen LogP contribution is -2.46. The first-order valence-corrected chi connectivity index (χ1v) is 9.32. The lowest BCUT2D eigenvalue weighted by Gasteiger charge is -2.32. The molecule has 0 unspecified atom stereocenters. The number of nitrogens with zero attached hydrogens (tertiary/aromatic N) is 1. The fraction of sp³-hybridized carbons (Fsp3) is 0.263. The smallest absolute Gasteiger partial charge is 0.254 e. The molecule has 4 N–H and O–H groups in total. The predicted octanol–water partition coefficient (Wildman–Crippen LogP) is 3.14. The van der Waals surface area contributed by atoms with Crippen LogP contribution in [0.2, 0.25) is 10.0 Å². The second-order valence-electron chi connectivity index (χ2n) is 6.53. The Hall–Kier alpha value is -2.64. The molecule has 0 aromatic heterocycles. The van der Waals surface area contributed by atoms with E-state index in [9.17, 15) is 24.9 Å². The van der Waals surface area contributed by atoms with E-state index in [1.807, 2.05) is 0 Å². The number of halogens is 2. The van der Waals surface area contributed by atoms with Crippen molar-refractivity contribution in [1.29, 1.82) is 0 Å². The van der Waals surface area contributed by atoms with Gasteiger partial charge in [0.15, 0.2) is 17.2 Å². The van der Waals surface area contributed by atoms with Crippen molar-refractivity contribution in [2.75, 3.05) is 13.1 Å². The molecule has 0 atom stereocenters. The zero-order valence-corrected chi connectivity index (χ0v) is 16.2. The van der Waals surface area contributed by atoms with E-state index in [2.05, 4.69) is 5.32 Å². The Bertz CT molecular complexity index is 904. The minimum atomic E-state index is -0.666. The number of carbonyl (C=O) groups excluding carboxylic acids is 2. The number of likely N-dealkylation sites (tertiary alicyclic amines) is 1. The molecule has 1 heterocycles. The Morgan fingerprint density at radius 3 is 2.11 bits per heavy atom. The molecular weight excluding hydrogens is 407 g/mol. The molecule has 28 heavy (non-hydrogen) atoms. The fourth-order valence-corrected chi connectivity index (χ4v) is 3.34. The van der Waals surface area contributed by atoms with Gasteiger partial charge in [-0.25, -0.2) is 0 Å². The maximum atomic E-state index is 12.5. The van der Waals surface area contributed by atoms with E-state index in [0.717, 1.165) is 12.1 Å². The van der Waals surface area contributed by atoms with E-state index in [1.54, 1.807) is 17.0 Å². The molecule has 7 nitrogen and oxygen atoms in total. The first-order chi connectivity index (χ1) is 13.3. The third kappa shape index (κ3) is 4.26.